The van der Waals surface area contributed by atoms with Crippen LogP contribution in [0.1, 0.15) is 23.8 Å². The van der Waals surface area contributed by atoms with E-state index < -0.39 is 17.8 Å². The van der Waals surface area contributed by atoms with E-state index in [-0.39, 0.29) is 24.3 Å². The van der Waals surface area contributed by atoms with Gasteiger partial charge in [0.25, 0.3) is 0 Å². The second-order valence-corrected chi connectivity index (χ2v) is 5.81. The van der Waals surface area contributed by atoms with Gasteiger partial charge in [-0.05, 0) is 32.1 Å². The minimum atomic E-state index is -0.894. The van der Waals surface area contributed by atoms with Crippen molar-refractivity contribution in [1.29, 1.82) is 0 Å². The molecule has 1 aromatic rings. The first kappa shape index (κ1) is 13.9. The first-order valence-electron chi connectivity index (χ1n) is 7.09. The number of carbonyl (C=O) groups is 2. The smallest absolute Gasteiger partial charge is 0.307 e. The Labute approximate surface area is 122 Å². The molecule has 2 aliphatic carbocycles. The predicted octanol–water partition coefficient (Wildman–Crippen LogP) is 1.43. The summed E-state index contributed by atoms with van der Waals surface area (Å²) in [6.45, 7) is 3.84. The Kier molecular flexibility index (Phi) is 3.31. The van der Waals surface area contributed by atoms with Crippen LogP contribution in [0.25, 0.3) is 0 Å². The number of nitrogens with zero attached hydrogens (tertiary/aromatic N) is 1. The van der Waals surface area contributed by atoms with Gasteiger partial charge in [0.2, 0.25) is 11.8 Å². The SMILES string of the molecule is Cc1nc(CNC(=O)C2C3C=CC(C3)C2C(=O)O)oc1C. The van der Waals surface area contributed by atoms with Gasteiger partial charge < -0.3 is 14.8 Å². The number of allylic oxidation sites excluding steroid dienone is 2. The lowest BCUT2D eigenvalue weighted by molar-refractivity contribution is -0.147. The van der Waals surface area contributed by atoms with Crippen molar-refractivity contribution in [1.82, 2.24) is 10.3 Å². The first-order chi connectivity index (χ1) is 9.97. The van der Waals surface area contributed by atoms with Crippen molar-refractivity contribution in [3.8, 4) is 0 Å². The van der Waals surface area contributed by atoms with Crippen LogP contribution in [0.15, 0.2) is 16.6 Å². The Morgan fingerprint density at radius 3 is 2.57 bits per heavy atom. The van der Waals surface area contributed by atoms with Crippen LogP contribution >= 0.6 is 0 Å². The van der Waals surface area contributed by atoms with Crippen molar-refractivity contribution in [2.75, 3.05) is 0 Å². The van der Waals surface area contributed by atoms with Crippen molar-refractivity contribution >= 4 is 11.9 Å². The Bertz CT molecular complexity index is 600. The zero-order chi connectivity index (χ0) is 15.1. The molecule has 1 aromatic heterocycles. The highest BCUT2D eigenvalue weighted by atomic mass is 16.4. The number of amides is 1. The Balaban J connectivity index is 1.67. The third-order valence-corrected chi connectivity index (χ3v) is 4.53. The van der Waals surface area contributed by atoms with Crippen molar-refractivity contribution in [2.24, 2.45) is 23.7 Å². The van der Waals surface area contributed by atoms with E-state index in [9.17, 15) is 14.7 Å². The molecule has 1 heterocycles. The number of carboxylic acids is 1. The molecule has 0 aromatic carbocycles. The molecule has 6 heteroatoms. The summed E-state index contributed by atoms with van der Waals surface area (Å²) < 4.78 is 5.41. The topological polar surface area (TPSA) is 92.4 Å². The normalized spacial score (nSPS) is 29.8. The zero-order valence-electron chi connectivity index (χ0n) is 12.0. The third-order valence-electron chi connectivity index (χ3n) is 4.53. The first-order valence-corrected chi connectivity index (χ1v) is 7.09. The zero-order valence-corrected chi connectivity index (χ0v) is 12.0. The lowest BCUT2D eigenvalue weighted by atomic mass is 9.82. The largest absolute Gasteiger partial charge is 0.481 e. The van der Waals surface area contributed by atoms with Crippen LogP contribution in [0.2, 0.25) is 0 Å². The summed E-state index contributed by atoms with van der Waals surface area (Å²) >= 11 is 0. The highest BCUT2D eigenvalue weighted by Gasteiger charge is 2.51. The van der Waals surface area contributed by atoms with Gasteiger partial charge in [0.05, 0.1) is 24.1 Å². The highest BCUT2D eigenvalue weighted by molar-refractivity contribution is 5.86. The monoisotopic (exact) mass is 290 g/mol. The molecule has 4 unspecified atom stereocenters. The van der Waals surface area contributed by atoms with E-state index >= 15 is 0 Å². The maximum absolute atomic E-state index is 12.3. The Morgan fingerprint density at radius 1 is 1.33 bits per heavy atom. The second-order valence-electron chi connectivity index (χ2n) is 5.81. The number of hydrogen-bond donors (Lipinski definition) is 2. The van der Waals surface area contributed by atoms with Crippen molar-refractivity contribution in [3.05, 3.63) is 29.5 Å². The van der Waals surface area contributed by atoms with Gasteiger partial charge in [0.1, 0.15) is 5.76 Å². The van der Waals surface area contributed by atoms with Crippen LogP contribution in [0.3, 0.4) is 0 Å². The summed E-state index contributed by atoms with van der Waals surface area (Å²) in [5.74, 6) is -1.04. The van der Waals surface area contributed by atoms with Crippen LogP contribution in [-0.4, -0.2) is 22.0 Å². The summed E-state index contributed by atoms with van der Waals surface area (Å²) in [4.78, 5) is 27.9. The van der Waals surface area contributed by atoms with E-state index in [4.69, 9.17) is 4.42 Å². The fourth-order valence-corrected chi connectivity index (χ4v) is 3.41. The van der Waals surface area contributed by atoms with E-state index in [1.807, 2.05) is 26.0 Å². The lowest BCUT2D eigenvalue weighted by Crippen LogP contribution is -2.39. The average Bonchev–Trinajstić information content (AvgIpc) is 3.11. The second kappa shape index (κ2) is 5.02. The molecule has 0 aliphatic heterocycles. The van der Waals surface area contributed by atoms with E-state index in [1.165, 1.54) is 0 Å². The Hall–Kier alpha value is -2.11. The molecule has 2 aliphatic rings. The molecule has 0 saturated heterocycles. The number of carboxylic acid groups (broad SMARTS) is 1. The highest BCUT2D eigenvalue weighted by Crippen LogP contribution is 2.48. The van der Waals surface area contributed by atoms with Gasteiger partial charge in [0, 0.05) is 0 Å². The van der Waals surface area contributed by atoms with Gasteiger partial charge in [-0.15, -0.1) is 0 Å². The van der Waals surface area contributed by atoms with Crippen molar-refractivity contribution in [3.63, 3.8) is 0 Å². The number of carbonyl (C=O) groups excluding carboxylic acids is 1. The van der Waals surface area contributed by atoms with E-state index in [2.05, 4.69) is 10.3 Å². The summed E-state index contributed by atoms with van der Waals surface area (Å²) in [6.07, 6.45) is 4.65. The standard InChI is InChI=1S/C15H18N2O4/c1-7-8(2)21-11(17-7)6-16-14(18)12-9-3-4-10(5-9)13(12)15(19)20/h3-4,9-10,12-13H,5-6H2,1-2H3,(H,16,18)(H,19,20). The summed E-state index contributed by atoms with van der Waals surface area (Å²) in [6, 6.07) is 0. The lowest BCUT2D eigenvalue weighted by Gasteiger charge is -2.23. The van der Waals surface area contributed by atoms with Gasteiger partial charge in [0.15, 0.2) is 0 Å². The minimum Gasteiger partial charge on any atom is -0.481 e. The molecule has 2 bridgehead atoms. The fraction of sp³-hybridized carbons (Fsp3) is 0.533. The van der Waals surface area contributed by atoms with Gasteiger partial charge in [-0.3, -0.25) is 9.59 Å². The van der Waals surface area contributed by atoms with Crippen molar-refractivity contribution in [2.45, 2.75) is 26.8 Å². The van der Waals surface area contributed by atoms with Crippen LogP contribution in [0.4, 0.5) is 0 Å². The maximum Gasteiger partial charge on any atom is 0.307 e. The summed E-state index contributed by atoms with van der Waals surface area (Å²) in [7, 11) is 0. The van der Waals surface area contributed by atoms with E-state index in [0.29, 0.717) is 5.89 Å². The fourth-order valence-electron chi connectivity index (χ4n) is 3.41. The average molecular weight is 290 g/mol. The third kappa shape index (κ3) is 2.34. The molecule has 3 rings (SSSR count). The number of oxazole rings is 1. The predicted molar refractivity (Wildman–Crippen MR) is 73.2 cm³/mol. The van der Waals surface area contributed by atoms with Crippen molar-refractivity contribution < 1.29 is 19.1 Å². The number of nitrogens with one attached hydrogen (secondary N) is 1. The quantitative estimate of drug-likeness (QED) is 0.818. The number of hydrogen-bond acceptors (Lipinski definition) is 4. The molecule has 21 heavy (non-hydrogen) atoms. The number of fused-ring (bicyclic) bond motifs is 2. The molecule has 0 radical (unpaired) electrons. The van der Waals surface area contributed by atoms with Crippen LogP contribution < -0.4 is 5.32 Å². The molecule has 4 atom stereocenters. The summed E-state index contributed by atoms with van der Waals surface area (Å²) in [5.41, 5.74) is 0.797. The van der Waals surface area contributed by atoms with E-state index in [0.717, 1.165) is 17.9 Å². The van der Waals surface area contributed by atoms with Gasteiger partial charge in [-0.2, -0.15) is 0 Å². The van der Waals surface area contributed by atoms with Gasteiger partial charge in [-0.25, -0.2) is 4.98 Å². The number of aromatic nitrogens is 1. The van der Waals surface area contributed by atoms with Crippen LogP contribution in [-0.2, 0) is 16.1 Å². The van der Waals surface area contributed by atoms with Gasteiger partial charge >= 0.3 is 5.97 Å². The molecular weight excluding hydrogens is 272 g/mol. The molecule has 6 nitrogen and oxygen atoms in total. The molecule has 2 N–H and O–H groups in total. The molecule has 1 saturated carbocycles. The van der Waals surface area contributed by atoms with E-state index in [1.54, 1.807) is 0 Å². The van der Waals surface area contributed by atoms with Crippen LogP contribution in [0.5, 0.6) is 0 Å². The van der Waals surface area contributed by atoms with Gasteiger partial charge in [-0.1, -0.05) is 12.2 Å². The molecule has 0 spiro atoms. The number of aliphatic carboxylic acids is 1. The minimum absolute atomic E-state index is 0.0190. The summed E-state index contributed by atoms with van der Waals surface area (Å²) in [5, 5.41) is 12.1. The molecule has 1 fully saturated rings. The molecule has 1 amide bonds. The Morgan fingerprint density at radius 2 is 2.00 bits per heavy atom. The van der Waals surface area contributed by atoms with Crippen LogP contribution in [0, 0.1) is 37.5 Å². The number of aryl methyl sites for hydroxylation is 2. The molecular formula is C15H18N2O4. The maximum atomic E-state index is 12.3. The number of rotatable bonds is 4. The molecule has 112 valence electrons.